The highest BCUT2D eigenvalue weighted by Gasteiger charge is 2.27. The summed E-state index contributed by atoms with van der Waals surface area (Å²) in [6, 6.07) is 7.98. The second-order valence-corrected chi connectivity index (χ2v) is 8.06. The topological polar surface area (TPSA) is 115 Å². The van der Waals surface area contributed by atoms with Crippen molar-refractivity contribution in [2.24, 2.45) is 5.92 Å². The van der Waals surface area contributed by atoms with Gasteiger partial charge in [0.05, 0.1) is 27.3 Å². The molecule has 1 atom stereocenters. The molecular formula is C21H19ClFN7O2. The Labute approximate surface area is 186 Å². The first-order valence-corrected chi connectivity index (χ1v) is 10.4. The van der Waals surface area contributed by atoms with E-state index < -0.39 is 11.7 Å². The van der Waals surface area contributed by atoms with Crippen molar-refractivity contribution < 1.29 is 13.7 Å². The number of anilines is 2. The van der Waals surface area contributed by atoms with Crippen molar-refractivity contribution >= 4 is 40.0 Å². The maximum absolute atomic E-state index is 14.5. The monoisotopic (exact) mass is 455 g/mol. The Morgan fingerprint density at radius 1 is 1.34 bits per heavy atom. The van der Waals surface area contributed by atoms with Crippen molar-refractivity contribution in [3.05, 3.63) is 59.4 Å². The minimum atomic E-state index is -0.616. The highest BCUT2D eigenvalue weighted by atomic mass is 35.5. The number of amides is 1. The molecular weight excluding hydrogens is 437 g/mol. The minimum Gasteiger partial charge on any atom is -0.380 e. The fourth-order valence-corrected chi connectivity index (χ4v) is 4.24. The molecule has 1 unspecified atom stereocenters. The Bertz CT molecular complexity index is 1290. The third kappa shape index (κ3) is 3.62. The molecule has 1 amide bonds. The van der Waals surface area contributed by atoms with E-state index in [9.17, 15) is 9.18 Å². The summed E-state index contributed by atoms with van der Waals surface area (Å²) in [4.78, 5) is 18.5. The van der Waals surface area contributed by atoms with Gasteiger partial charge in [0.15, 0.2) is 11.4 Å². The number of hydrogen-bond acceptors (Lipinski definition) is 7. The third-order valence-electron chi connectivity index (χ3n) is 5.64. The predicted octanol–water partition coefficient (Wildman–Crippen LogP) is 3.04. The molecule has 0 spiro atoms. The van der Waals surface area contributed by atoms with Gasteiger partial charge >= 0.3 is 0 Å². The summed E-state index contributed by atoms with van der Waals surface area (Å²) in [7, 11) is 0. The molecule has 11 heteroatoms. The third-order valence-corrected chi connectivity index (χ3v) is 5.95. The molecule has 5 rings (SSSR count). The van der Waals surface area contributed by atoms with Gasteiger partial charge in [-0.1, -0.05) is 16.8 Å². The Balaban J connectivity index is 1.23. The molecule has 3 N–H and O–H groups in total. The Morgan fingerprint density at radius 2 is 2.22 bits per heavy atom. The lowest BCUT2D eigenvalue weighted by Gasteiger charge is -2.19. The summed E-state index contributed by atoms with van der Waals surface area (Å²) < 4.78 is 21.3. The Kier molecular flexibility index (Phi) is 5.14. The summed E-state index contributed by atoms with van der Waals surface area (Å²) in [6.07, 6.45) is 3.68. The maximum Gasteiger partial charge on any atom is 0.254 e. The molecule has 3 heterocycles. The Morgan fingerprint density at radius 3 is 3.00 bits per heavy atom. The summed E-state index contributed by atoms with van der Waals surface area (Å²) in [6.45, 7) is 1.90. The molecule has 2 aromatic carbocycles. The first-order chi connectivity index (χ1) is 15.5. The number of fused-ring (bicyclic) bond motifs is 1. The molecule has 9 nitrogen and oxygen atoms in total. The van der Waals surface area contributed by atoms with Crippen LogP contribution in [0.15, 0.2) is 47.5 Å². The molecule has 2 aromatic heterocycles. The van der Waals surface area contributed by atoms with E-state index in [1.54, 1.807) is 12.1 Å². The first kappa shape index (κ1) is 20.3. The highest BCUT2D eigenvalue weighted by molar-refractivity contribution is 6.36. The van der Waals surface area contributed by atoms with Crippen molar-refractivity contribution in [1.29, 1.82) is 0 Å². The summed E-state index contributed by atoms with van der Waals surface area (Å²) in [5.41, 5.74) is 7.75. The van der Waals surface area contributed by atoms with Gasteiger partial charge in [-0.05, 0) is 36.6 Å². The highest BCUT2D eigenvalue weighted by Crippen LogP contribution is 2.37. The SMILES string of the molecule is Nc1noc2c(N3CCC(CNC(=O)c4ccc(-n5cncn5)cc4F)C3)ccc(Cl)c12. The second-order valence-electron chi connectivity index (χ2n) is 7.65. The van der Waals surface area contributed by atoms with Crippen molar-refractivity contribution in [3.63, 3.8) is 0 Å². The van der Waals surface area contributed by atoms with Crippen molar-refractivity contribution in [1.82, 2.24) is 25.2 Å². The molecule has 1 fully saturated rings. The molecule has 1 aliphatic rings. The molecule has 164 valence electrons. The van der Waals surface area contributed by atoms with E-state index in [1.807, 2.05) is 6.07 Å². The fourth-order valence-electron chi connectivity index (χ4n) is 3.99. The van der Waals surface area contributed by atoms with Crippen LogP contribution in [-0.2, 0) is 0 Å². The molecule has 1 aliphatic heterocycles. The number of nitrogens with two attached hydrogens (primary N) is 1. The van der Waals surface area contributed by atoms with Gasteiger partial charge in [-0.25, -0.2) is 14.1 Å². The first-order valence-electron chi connectivity index (χ1n) is 10.0. The Hall–Kier alpha value is -3.66. The number of carbonyl (C=O) groups excluding carboxylic acids is 1. The molecule has 4 aromatic rings. The zero-order valence-corrected chi connectivity index (χ0v) is 17.6. The van der Waals surface area contributed by atoms with Crippen LogP contribution in [0.4, 0.5) is 15.9 Å². The number of nitrogens with zero attached hydrogens (tertiary/aromatic N) is 5. The lowest BCUT2D eigenvalue weighted by atomic mass is 10.1. The van der Waals surface area contributed by atoms with Gasteiger partial charge in [0.2, 0.25) is 0 Å². The van der Waals surface area contributed by atoms with E-state index in [-0.39, 0.29) is 17.3 Å². The van der Waals surface area contributed by atoms with E-state index in [1.165, 1.54) is 29.5 Å². The number of benzene rings is 2. The average Bonchev–Trinajstić information content (AvgIpc) is 3.54. The number of hydrogen-bond donors (Lipinski definition) is 2. The van der Waals surface area contributed by atoms with E-state index in [4.69, 9.17) is 21.9 Å². The largest absolute Gasteiger partial charge is 0.380 e. The number of carbonyl (C=O) groups is 1. The molecule has 0 radical (unpaired) electrons. The lowest BCUT2D eigenvalue weighted by Crippen LogP contribution is -2.31. The van der Waals surface area contributed by atoms with Crippen molar-refractivity contribution in [3.8, 4) is 5.69 Å². The molecule has 32 heavy (non-hydrogen) atoms. The average molecular weight is 456 g/mol. The summed E-state index contributed by atoms with van der Waals surface area (Å²) in [5.74, 6) is -0.618. The predicted molar refractivity (Wildman–Crippen MR) is 117 cm³/mol. The van der Waals surface area contributed by atoms with Crippen LogP contribution in [0.1, 0.15) is 16.8 Å². The minimum absolute atomic E-state index is 0.0136. The van der Waals surface area contributed by atoms with Gasteiger partial charge in [-0.3, -0.25) is 4.79 Å². The van der Waals surface area contributed by atoms with Gasteiger partial charge in [0.25, 0.3) is 5.91 Å². The van der Waals surface area contributed by atoms with Crippen LogP contribution in [0.3, 0.4) is 0 Å². The zero-order chi connectivity index (χ0) is 22.2. The van der Waals surface area contributed by atoms with Crippen LogP contribution in [0.25, 0.3) is 16.7 Å². The van der Waals surface area contributed by atoms with Crippen LogP contribution >= 0.6 is 11.6 Å². The normalized spacial score (nSPS) is 16.1. The maximum atomic E-state index is 14.5. The van der Waals surface area contributed by atoms with Crippen LogP contribution < -0.4 is 16.0 Å². The van der Waals surface area contributed by atoms with Crippen LogP contribution in [0.5, 0.6) is 0 Å². The quantitative estimate of drug-likeness (QED) is 0.475. The zero-order valence-electron chi connectivity index (χ0n) is 16.8. The number of halogens is 2. The smallest absolute Gasteiger partial charge is 0.254 e. The van der Waals surface area contributed by atoms with Gasteiger partial charge in [0.1, 0.15) is 18.5 Å². The molecule has 0 bridgehead atoms. The standard InChI is InChI=1S/C21H19ClFN7O2/c22-15-3-4-17(19-18(15)20(24)28-32-19)29-6-5-12(9-29)8-26-21(31)14-2-1-13(7-16(14)23)30-11-25-10-27-30/h1-4,7,10-12H,5-6,8-9H2,(H2,24,28)(H,26,31). The second kappa shape index (κ2) is 8.12. The molecule has 1 saturated heterocycles. The summed E-state index contributed by atoms with van der Waals surface area (Å²) in [5, 5.41) is 11.7. The van der Waals surface area contributed by atoms with E-state index in [2.05, 4.69) is 25.5 Å². The number of nitrogens with one attached hydrogen (secondary N) is 1. The molecule has 0 saturated carbocycles. The van der Waals surface area contributed by atoms with E-state index >= 15 is 0 Å². The molecule has 0 aliphatic carbocycles. The fraction of sp³-hybridized carbons (Fsp3) is 0.238. The van der Waals surface area contributed by atoms with Gasteiger partial charge < -0.3 is 20.5 Å². The van der Waals surface area contributed by atoms with E-state index in [0.717, 1.165) is 18.7 Å². The van der Waals surface area contributed by atoms with E-state index in [0.29, 0.717) is 34.8 Å². The number of nitrogen functional groups attached to an aromatic ring is 1. The van der Waals surface area contributed by atoms with Crippen LogP contribution in [0, 0.1) is 11.7 Å². The van der Waals surface area contributed by atoms with Crippen molar-refractivity contribution in [2.75, 3.05) is 30.3 Å². The van der Waals surface area contributed by atoms with Crippen LogP contribution in [-0.4, -0.2) is 45.5 Å². The number of rotatable bonds is 5. The number of aromatic nitrogens is 4. The van der Waals surface area contributed by atoms with Crippen LogP contribution in [0.2, 0.25) is 5.02 Å². The van der Waals surface area contributed by atoms with Crippen molar-refractivity contribution in [2.45, 2.75) is 6.42 Å². The summed E-state index contributed by atoms with van der Waals surface area (Å²) >= 11 is 6.22. The van der Waals surface area contributed by atoms with Gasteiger partial charge in [-0.15, -0.1) is 0 Å². The lowest BCUT2D eigenvalue weighted by molar-refractivity contribution is 0.0944. The van der Waals surface area contributed by atoms with Gasteiger partial charge in [-0.2, -0.15) is 5.10 Å². The van der Waals surface area contributed by atoms with Gasteiger partial charge in [0, 0.05) is 25.7 Å².